The zero-order chi connectivity index (χ0) is 18.2. The molecule has 3 rings (SSSR count). The van der Waals surface area contributed by atoms with E-state index in [-0.39, 0.29) is 17.4 Å². The minimum Gasteiger partial charge on any atom is -0.485 e. The summed E-state index contributed by atoms with van der Waals surface area (Å²) in [5, 5.41) is 9.85. The Bertz CT molecular complexity index is 927. The van der Waals surface area contributed by atoms with Crippen molar-refractivity contribution < 1.29 is 24.2 Å². The van der Waals surface area contributed by atoms with Crippen LogP contribution in [-0.2, 0) is 4.74 Å². The molecule has 1 N–H and O–H groups in total. The molecule has 0 saturated carbocycles. The molecule has 6 nitrogen and oxygen atoms in total. The summed E-state index contributed by atoms with van der Waals surface area (Å²) in [5.74, 6) is 5.26. The fourth-order valence-corrected chi connectivity index (χ4v) is 3.14. The molecule has 0 amide bonds. The first-order valence-electron chi connectivity index (χ1n) is 7.43. The van der Waals surface area contributed by atoms with Crippen LogP contribution in [0.25, 0.3) is 11.3 Å². The molecule has 0 unspecified atom stereocenters. The SMILES string of the molecule is COC(=O)c1nc2c(s1)C(=O)COc1ccc(C#CC(C)(C)O)cc1-2. The predicted octanol–water partition coefficient (Wildman–Crippen LogP) is 2.29. The number of rotatable bonds is 1. The molecule has 128 valence electrons. The third-order valence-electron chi connectivity index (χ3n) is 3.35. The van der Waals surface area contributed by atoms with Crippen LogP contribution in [0.5, 0.6) is 5.75 Å². The summed E-state index contributed by atoms with van der Waals surface area (Å²) in [6, 6.07) is 5.16. The normalized spacial score (nSPS) is 12.9. The molecule has 0 bridgehead atoms. The van der Waals surface area contributed by atoms with Crippen LogP contribution < -0.4 is 4.74 Å². The van der Waals surface area contributed by atoms with E-state index in [2.05, 4.69) is 21.6 Å². The van der Waals surface area contributed by atoms with Gasteiger partial charge in [0.15, 0.2) is 6.61 Å². The van der Waals surface area contributed by atoms with Gasteiger partial charge in [-0.2, -0.15) is 0 Å². The summed E-state index contributed by atoms with van der Waals surface area (Å²) in [5.41, 5.74) is 0.477. The van der Waals surface area contributed by atoms with Crippen LogP contribution in [0.4, 0.5) is 0 Å². The summed E-state index contributed by atoms with van der Waals surface area (Å²) >= 11 is 0.985. The molecule has 1 aliphatic heterocycles. The number of Topliss-reactive ketones (excluding diaryl/α,β-unsaturated/α-hetero) is 1. The first kappa shape index (κ1) is 17.1. The fourth-order valence-electron chi connectivity index (χ4n) is 2.22. The van der Waals surface area contributed by atoms with Gasteiger partial charge in [-0.05, 0) is 32.0 Å². The molecule has 0 aliphatic carbocycles. The maximum Gasteiger partial charge on any atom is 0.367 e. The molecular formula is C18H15NO5S. The Hall–Kier alpha value is -2.69. The van der Waals surface area contributed by atoms with Crippen LogP contribution in [-0.4, -0.2) is 41.2 Å². The molecule has 2 heterocycles. The topological polar surface area (TPSA) is 85.7 Å². The molecule has 0 radical (unpaired) electrons. The second-order valence-electron chi connectivity index (χ2n) is 5.92. The number of hydrogen-bond donors (Lipinski definition) is 1. The van der Waals surface area contributed by atoms with E-state index in [1.807, 2.05) is 0 Å². The molecular weight excluding hydrogens is 342 g/mol. The molecule has 1 aromatic carbocycles. The van der Waals surface area contributed by atoms with E-state index >= 15 is 0 Å². The van der Waals surface area contributed by atoms with Crippen molar-refractivity contribution >= 4 is 23.1 Å². The molecule has 25 heavy (non-hydrogen) atoms. The van der Waals surface area contributed by atoms with Crippen molar-refractivity contribution in [3.8, 4) is 28.8 Å². The maximum atomic E-state index is 12.3. The number of fused-ring (bicyclic) bond motifs is 3. The smallest absolute Gasteiger partial charge is 0.367 e. The highest BCUT2D eigenvalue weighted by Crippen LogP contribution is 2.38. The minimum atomic E-state index is -1.12. The molecule has 0 fully saturated rings. The standard InChI is InChI=1S/C18H15NO5S/c1-18(2,22)7-6-10-4-5-13-11(8-10)14-15(12(20)9-24-13)25-16(19-14)17(21)23-3/h4-5,8,22H,9H2,1-3H3. The number of carbonyl (C=O) groups is 2. The van der Waals surface area contributed by atoms with Crippen LogP contribution in [0.3, 0.4) is 0 Å². The average molecular weight is 357 g/mol. The van der Waals surface area contributed by atoms with Crippen molar-refractivity contribution in [2.24, 2.45) is 0 Å². The highest BCUT2D eigenvalue weighted by Gasteiger charge is 2.28. The summed E-state index contributed by atoms with van der Waals surface area (Å²) in [6.07, 6.45) is 0. The van der Waals surface area contributed by atoms with Crippen LogP contribution in [0.2, 0.25) is 0 Å². The van der Waals surface area contributed by atoms with Crippen LogP contribution in [0.1, 0.15) is 38.9 Å². The van der Waals surface area contributed by atoms with Crippen LogP contribution >= 0.6 is 11.3 Å². The minimum absolute atomic E-state index is 0.113. The number of hydrogen-bond acceptors (Lipinski definition) is 7. The van der Waals surface area contributed by atoms with Gasteiger partial charge < -0.3 is 14.6 Å². The second-order valence-corrected chi connectivity index (χ2v) is 6.92. The number of carbonyl (C=O) groups excluding carboxylic acids is 2. The van der Waals surface area contributed by atoms with Crippen LogP contribution in [0, 0.1) is 11.8 Å². The zero-order valence-corrected chi connectivity index (χ0v) is 14.7. The van der Waals surface area contributed by atoms with E-state index in [1.165, 1.54) is 7.11 Å². The molecule has 1 aliphatic rings. The van der Waals surface area contributed by atoms with Gasteiger partial charge in [0.25, 0.3) is 0 Å². The largest absolute Gasteiger partial charge is 0.485 e. The number of aliphatic hydroxyl groups is 1. The van der Waals surface area contributed by atoms with Gasteiger partial charge in [-0.1, -0.05) is 11.8 Å². The Labute approximate surface area is 148 Å². The van der Waals surface area contributed by atoms with Gasteiger partial charge in [-0.3, -0.25) is 4.79 Å². The number of methoxy groups -OCH3 is 1. The molecule has 7 heteroatoms. The molecule has 0 spiro atoms. The van der Waals surface area contributed by atoms with Crippen molar-refractivity contribution in [1.29, 1.82) is 0 Å². The van der Waals surface area contributed by atoms with E-state index in [9.17, 15) is 14.7 Å². The number of nitrogens with zero attached hydrogens (tertiary/aromatic N) is 1. The number of ether oxygens (including phenoxy) is 2. The van der Waals surface area contributed by atoms with Gasteiger partial charge in [0, 0.05) is 11.1 Å². The Morgan fingerprint density at radius 3 is 2.88 bits per heavy atom. The van der Waals surface area contributed by atoms with Gasteiger partial charge in [0.05, 0.1) is 12.8 Å². The number of thiazole rings is 1. The summed E-state index contributed by atoms with van der Waals surface area (Å²) < 4.78 is 10.2. The van der Waals surface area contributed by atoms with Gasteiger partial charge in [0.1, 0.15) is 16.2 Å². The van der Waals surface area contributed by atoms with E-state index in [0.29, 0.717) is 27.4 Å². The van der Waals surface area contributed by atoms with Crippen molar-refractivity contribution in [3.63, 3.8) is 0 Å². The molecule has 0 saturated heterocycles. The number of benzene rings is 1. The summed E-state index contributed by atoms with van der Waals surface area (Å²) in [4.78, 5) is 28.6. The Kier molecular flexibility index (Phi) is 4.33. The lowest BCUT2D eigenvalue weighted by Gasteiger charge is -2.08. The molecule has 2 aromatic rings. The predicted molar refractivity (Wildman–Crippen MR) is 91.9 cm³/mol. The molecule has 0 atom stereocenters. The Morgan fingerprint density at radius 1 is 1.44 bits per heavy atom. The van der Waals surface area contributed by atoms with Crippen molar-refractivity contribution in [3.05, 3.63) is 33.6 Å². The van der Waals surface area contributed by atoms with Crippen molar-refractivity contribution in [2.75, 3.05) is 13.7 Å². The average Bonchev–Trinajstić information content (AvgIpc) is 2.97. The molecule has 1 aromatic heterocycles. The van der Waals surface area contributed by atoms with Gasteiger partial charge in [0.2, 0.25) is 10.8 Å². The number of esters is 1. The first-order valence-corrected chi connectivity index (χ1v) is 8.25. The fraction of sp³-hybridized carbons (Fsp3) is 0.278. The van der Waals surface area contributed by atoms with Gasteiger partial charge >= 0.3 is 5.97 Å². The number of aromatic nitrogens is 1. The van der Waals surface area contributed by atoms with Gasteiger partial charge in [-0.15, -0.1) is 11.3 Å². The highest BCUT2D eigenvalue weighted by atomic mass is 32.1. The van der Waals surface area contributed by atoms with E-state index in [1.54, 1.807) is 32.0 Å². The van der Waals surface area contributed by atoms with Crippen LogP contribution in [0.15, 0.2) is 18.2 Å². The Balaban J connectivity index is 2.14. The van der Waals surface area contributed by atoms with E-state index in [4.69, 9.17) is 4.74 Å². The highest BCUT2D eigenvalue weighted by molar-refractivity contribution is 7.16. The maximum absolute atomic E-state index is 12.3. The summed E-state index contributed by atoms with van der Waals surface area (Å²) in [7, 11) is 1.26. The lowest BCUT2D eigenvalue weighted by molar-refractivity contribution is 0.0600. The third kappa shape index (κ3) is 3.55. The summed E-state index contributed by atoms with van der Waals surface area (Å²) in [6.45, 7) is 3.05. The second kappa shape index (κ2) is 6.31. The third-order valence-corrected chi connectivity index (χ3v) is 4.42. The zero-order valence-electron chi connectivity index (χ0n) is 13.9. The van der Waals surface area contributed by atoms with Crippen molar-refractivity contribution in [1.82, 2.24) is 4.98 Å². The lowest BCUT2D eigenvalue weighted by Crippen LogP contribution is -2.14. The van der Waals surface area contributed by atoms with Crippen molar-refractivity contribution in [2.45, 2.75) is 19.4 Å². The lowest BCUT2D eigenvalue weighted by atomic mass is 10.0. The number of ketones is 1. The Morgan fingerprint density at radius 2 is 2.20 bits per heavy atom. The van der Waals surface area contributed by atoms with E-state index < -0.39 is 11.6 Å². The van der Waals surface area contributed by atoms with Gasteiger partial charge in [-0.25, -0.2) is 9.78 Å². The monoisotopic (exact) mass is 357 g/mol. The quantitative estimate of drug-likeness (QED) is 0.623. The first-order chi connectivity index (χ1) is 11.8. The van der Waals surface area contributed by atoms with E-state index in [0.717, 1.165) is 11.3 Å².